The number of thioether (sulfide) groups is 1. The number of ether oxygens (including phenoxy) is 2. The number of benzene rings is 1. The van der Waals surface area contributed by atoms with E-state index in [0.717, 1.165) is 40.0 Å². The monoisotopic (exact) mass is 467 g/mol. The van der Waals surface area contributed by atoms with Crippen molar-refractivity contribution < 1.29 is 14.3 Å². The van der Waals surface area contributed by atoms with E-state index in [2.05, 4.69) is 34.3 Å². The van der Waals surface area contributed by atoms with Gasteiger partial charge in [-0.2, -0.15) is 0 Å². The Morgan fingerprint density at radius 3 is 2.61 bits per heavy atom. The van der Waals surface area contributed by atoms with Crippen molar-refractivity contribution in [3.05, 3.63) is 48.3 Å². The molecule has 0 saturated heterocycles. The van der Waals surface area contributed by atoms with Crippen LogP contribution in [0.15, 0.2) is 47.9 Å². The van der Waals surface area contributed by atoms with Crippen LogP contribution in [-0.4, -0.2) is 44.6 Å². The van der Waals surface area contributed by atoms with Gasteiger partial charge in [0.15, 0.2) is 22.5 Å². The van der Waals surface area contributed by atoms with Gasteiger partial charge in [0.25, 0.3) is 0 Å². The molecule has 8 nitrogen and oxygen atoms in total. The third-order valence-corrected chi connectivity index (χ3v) is 6.38. The molecule has 0 spiro atoms. The van der Waals surface area contributed by atoms with Crippen molar-refractivity contribution in [2.45, 2.75) is 44.9 Å². The van der Waals surface area contributed by atoms with Crippen molar-refractivity contribution in [2.24, 2.45) is 5.92 Å². The molecule has 0 aliphatic carbocycles. The van der Waals surface area contributed by atoms with Crippen LogP contribution >= 0.6 is 11.8 Å². The SMILES string of the molecule is CCn1c(SCC(=O)NC(c2ccc3c(c2)OCCCO3)C(C)C)nnc1-c1ccncc1. The maximum absolute atomic E-state index is 12.9. The van der Waals surface area contributed by atoms with Gasteiger partial charge in [0, 0.05) is 30.9 Å². The minimum atomic E-state index is -0.133. The lowest BCUT2D eigenvalue weighted by molar-refractivity contribution is -0.119. The fraction of sp³-hybridized carbons (Fsp3) is 0.417. The molecule has 1 amide bonds. The summed E-state index contributed by atoms with van der Waals surface area (Å²) in [5.41, 5.74) is 1.95. The van der Waals surface area contributed by atoms with Crippen molar-refractivity contribution >= 4 is 17.7 Å². The van der Waals surface area contributed by atoms with Crippen LogP contribution in [0.25, 0.3) is 11.4 Å². The van der Waals surface area contributed by atoms with Gasteiger partial charge in [-0.25, -0.2) is 0 Å². The minimum absolute atomic E-state index is 0.0538. The van der Waals surface area contributed by atoms with Crippen molar-refractivity contribution in [1.29, 1.82) is 0 Å². The smallest absolute Gasteiger partial charge is 0.230 e. The molecule has 3 aromatic rings. The zero-order chi connectivity index (χ0) is 23.2. The maximum atomic E-state index is 12.9. The number of carbonyl (C=O) groups is 1. The number of hydrogen-bond donors (Lipinski definition) is 1. The number of rotatable bonds is 8. The second-order valence-corrected chi connectivity index (χ2v) is 9.06. The predicted molar refractivity (Wildman–Crippen MR) is 127 cm³/mol. The molecule has 1 aromatic carbocycles. The second kappa shape index (κ2) is 10.7. The number of fused-ring (bicyclic) bond motifs is 1. The summed E-state index contributed by atoms with van der Waals surface area (Å²) in [6.45, 7) is 8.22. The van der Waals surface area contributed by atoms with Crippen molar-refractivity contribution in [1.82, 2.24) is 25.1 Å². The molecule has 0 bridgehead atoms. The fourth-order valence-electron chi connectivity index (χ4n) is 3.75. The summed E-state index contributed by atoms with van der Waals surface area (Å²) >= 11 is 1.39. The number of nitrogens with one attached hydrogen (secondary N) is 1. The molecule has 0 radical (unpaired) electrons. The van der Waals surface area contributed by atoms with Crippen LogP contribution in [0.2, 0.25) is 0 Å². The molecule has 9 heteroatoms. The lowest BCUT2D eigenvalue weighted by Gasteiger charge is -2.24. The highest BCUT2D eigenvalue weighted by Gasteiger charge is 2.22. The Balaban J connectivity index is 1.43. The van der Waals surface area contributed by atoms with Gasteiger partial charge in [-0.1, -0.05) is 31.7 Å². The Bertz CT molecular complexity index is 1090. The molecule has 1 N–H and O–H groups in total. The first kappa shape index (κ1) is 23.1. The van der Waals surface area contributed by atoms with Gasteiger partial charge in [-0.3, -0.25) is 9.78 Å². The Morgan fingerprint density at radius 2 is 1.88 bits per heavy atom. The molecule has 33 heavy (non-hydrogen) atoms. The summed E-state index contributed by atoms with van der Waals surface area (Å²) < 4.78 is 13.6. The fourth-order valence-corrected chi connectivity index (χ4v) is 4.56. The van der Waals surface area contributed by atoms with Crippen LogP contribution in [0.5, 0.6) is 11.5 Å². The Hall–Kier alpha value is -3.07. The van der Waals surface area contributed by atoms with Gasteiger partial charge >= 0.3 is 0 Å². The van der Waals surface area contributed by atoms with Crippen molar-refractivity contribution in [3.8, 4) is 22.9 Å². The van der Waals surface area contributed by atoms with E-state index in [1.165, 1.54) is 11.8 Å². The Labute approximate surface area is 198 Å². The number of pyridine rings is 1. The first-order chi connectivity index (χ1) is 16.1. The maximum Gasteiger partial charge on any atom is 0.230 e. The van der Waals surface area contributed by atoms with Crippen LogP contribution in [-0.2, 0) is 11.3 Å². The number of amides is 1. The van der Waals surface area contributed by atoms with Crippen LogP contribution in [0.1, 0.15) is 38.8 Å². The molecule has 1 unspecified atom stereocenters. The number of hydrogen-bond acceptors (Lipinski definition) is 7. The molecule has 3 heterocycles. The highest BCUT2D eigenvalue weighted by molar-refractivity contribution is 7.99. The highest BCUT2D eigenvalue weighted by Crippen LogP contribution is 2.34. The van der Waals surface area contributed by atoms with E-state index in [9.17, 15) is 4.79 Å². The summed E-state index contributed by atoms with van der Waals surface area (Å²) in [7, 11) is 0. The summed E-state index contributed by atoms with van der Waals surface area (Å²) in [5.74, 6) is 2.67. The third kappa shape index (κ3) is 5.47. The average molecular weight is 468 g/mol. The van der Waals surface area contributed by atoms with E-state index in [-0.39, 0.29) is 23.6 Å². The Morgan fingerprint density at radius 1 is 1.12 bits per heavy atom. The first-order valence-corrected chi connectivity index (χ1v) is 12.2. The molecular formula is C24H29N5O3S. The van der Waals surface area contributed by atoms with E-state index in [1.54, 1.807) is 12.4 Å². The summed E-state index contributed by atoms with van der Waals surface area (Å²) in [6, 6.07) is 9.58. The quantitative estimate of drug-likeness (QED) is 0.498. The van der Waals surface area contributed by atoms with E-state index in [4.69, 9.17) is 9.47 Å². The van der Waals surface area contributed by atoms with Gasteiger partial charge < -0.3 is 19.4 Å². The first-order valence-electron chi connectivity index (χ1n) is 11.2. The molecular weight excluding hydrogens is 438 g/mol. The zero-order valence-corrected chi connectivity index (χ0v) is 20.0. The molecule has 4 rings (SSSR count). The van der Waals surface area contributed by atoms with Gasteiger partial charge in [0.1, 0.15) is 0 Å². The van der Waals surface area contributed by atoms with Crippen LogP contribution in [0.3, 0.4) is 0 Å². The zero-order valence-electron chi connectivity index (χ0n) is 19.2. The lowest BCUT2D eigenvalue weighted by Crippen LogP contribution is -2.33. The van der Waals surface area contributed by atoms with Gasteiger partial charge in [0.2, 0.25) is 5.91 Å². The highest BCUT2D eigenvalue weighted by atomic mass is 32.2. The lowest BCUT2D eigenvalue weighted by atomic mass is 9.95. The molecule has 2 aromatic heterocycles. The predicted octanol–water partition coefficient (Wildman–Crippen LogP) is 4.13. The molecule has 0 saturated carbocycles. The van der Waals surface area contributed by atoms with Crippen molar-refractivity contribution in [3.63, 3.8) is 0 Å². The third-order valence-electron chi connectivity index (χ3n) is 5.42. The normalized spacial score (nSPS) is 14.1. The standard InChI is InChI=1S/C24H29N5O3S/c1-4-29-23(17-8-10-25-11-9-17)27-28-24(29)33-15-21(30)26-22(16(2)3)18-6-7-19-20(14-18)32-13-5-12-31-19/h6-11,14,16,22H,4-5,12-13,15H2,1-3H3,(H,26,30). The number of carbonyl (C=O) groups excluding carboxylic acids is 1. The minimum Gasteiger partial charge on any atom is -0.490 e. The molecule has 0 fully saturated rings. The largest absolute Gasteiger partial charge is 0.490 e. The van der Waals surface area contributed by atoms with E-state index >= 15 is 0 Å². The van der Waals surface area contributed by atoms with E-state index in [1.807, 2.05) is 41.8 Å². The topological polar surface area (TPSA) is 91.2 Å². The number of aromatic nitrogens is 4. The average Bonchev–Trinajstić information content (AvgIpc) is 3.10. The Kier molecular flexibility index (Phi) is 7.49. The van der Waals surface area contributed by atoms with Crippen LogP contribution in [0, 0.1) is 5.92 Å². The van der Waals surface area contributed by atoms with E-state index < -0.39 is 0 Å². The van der Waals surface area contributed by atoms with Crippen molar-refractivity contribution in [2.75, 3.05) is 19.0 Å². The summed E-state index contributed by atoms with van der Waals surface area (Å²) in [4.78, 5) is 16.9. The van der Waals surface area contributed by atoms with Crippen LogP contribution in [0.4, 0.5) is 0 Å². The summed E-state index contributed by atoms with van der Waals surface area (Å²) in [6.07, 6.45) is 4.32. The molecule has 1 atom stereocenters. The summed E-state index contributed by atoms with van der Waals surface area (Å²) in [5, 5.41) is 12.5. The molecule has 1 aliphatic heterocycles. The molecule has 1 aliphatic rings. The second-order valence-electron chi connectivity index (χ2n) is 8.12. The van der Waals surface area contributed by atoms with Gasteiger partial charge in [-0.05, 0) is 42.7 Å². The van der Waals surface area contributed by atoms with Gasteiger partial charge in [-0.15, -0.1) is 10.2 Å². The molecule has 174 valence electrons. The number of nitrogens with zero attached hydrogens (tertiary/aromatic N) is 4. The van der Waals surface area contributed by atoms with E-state index in [0.29, 0.717) is 19.8 Å². The van der Waals surface area contributed by atoms with Crippen LogP contribution < -0.4 is 14.8 Å². The van der Waals surface area contributed by atoms with Gasteiger partial charge in [0.05, 0.1) is 25.0 Å².